The monoisotopic (exact) mass is 413 g/mol. The van der Waals surface area contributed by atoms with Crippen molar-refractivity contribution in [2.45, 2.75) is 6.18 Å². The van der Waals surface area contributed by atoms with Crippen LogP contribution in [0.2, 0.25) is 0 Å². The molecule has 2 rings (SSSR count). The average Bonchev–Trinajstić information content (AvgIpc) is 2.58. The Morgan fingerprint density at radius 2 is 1.88 bits per heavy atom. The van der Waals surface area contributed by atoms with Gasteiger partial charge in [0.05, 0.1) is 11.3 Å². The summed E-state index contributed by atoms with van der Waals surface area (Å²) in [5.74, 6) is 0.354. The number of carbonyl (C=O) groups excluding carboxylic acids is 1. The van der Waals surface area contributed by atoms with Gasteiger partial charge in [-0.25, -0.2) is 0 Å². The number of para-hydroxylation sites is 1. The molecule has 1 amide bonds. The first-order chi connectivity index (χ1) is 11.8. The van der Waals surface area contributed by atoms with E-state index < -0.39 is 11.7 Å². The molecule has 0 unspecified atom stereocenters. The van der Waals surface area contributed by atoms with Gasteiger partial charge >= 0.3 is 6.18 Å². The molecule has 132 valence electrons. The summed E-state index contributed by atoms with van der Waals surface area (Å²) in [6.07, 6.45) is -4.09. The number of hydrogen-bond donors (Lipinski definition) is 1. The van der Waals surface area contributed by atoms with Gasteiger partial charge in [-0.05, 0) is 24.3 Å². The zero-order chi connectivity index (χ0) is 18.6. The summed E-state index contributed by atoms with van der Waals surface area (Å²) in [5.41, 5.74) is 0.00819. The highest BCUT2D eigenvalue weighted by Gasteiger charge is 2.35. The molecule has 2 aromatic rings. The Balaban J connectivity index is 2.77. The maximum Gasteiger partial charge on any atom is 0.417 e. The third kappa shape index (κ3) is 4.01. The van der Waals surface area contributed by atoms with Gasteiger partial charge in [0.2, 0.25) is 6.41 Å². The van der Waals surface area contributed by atoms with Crippen molar-refractivity contribution in [3.63, 3.8) is 0 Å². The number of amidine groups is 1. The second-order valence-corrected chi connectivity index (χ2v) is 5.83. The molecule has 0 heterocycles. The molecule has 0 atom stereocenters. The van der Waals surface area contributed by atoms with E-state index >= 15 is 0 Å². The van der Waals surface area contributed by atoms with Crippen molar-refractivity contribution < 1.29 is 18.0 Å². The summed E-state index contributed by atoms with van der Waals surface area (Å²) in [6.45, 7) is 0. The molecule has 0 radical (unpaired) electrons. The second kappa shape index (κ2) is 7.69. The minimum atomic E-state index is -4.57. The quantitative estimate of drug-likeness (QED) is 0.459. The first kappa shape index (κ1) is 19.0. The van der Waals surface area contributed by atoms with E-state index in [4.69, 9.17) is 0 Å². The molecule has 0 fully saturated rings. The van der Waals surface area contributed by atoms with Gasteiger partial charge in [-0.3, -0.25) is 14.7 Å². The number of aliphatic imine (C=N–C) groups is 1. The van der Waals surface area contributed by atoms with E-state index in [-0.39, 0.29) is 10.2 Å². The number of amides is 1. The molecule has 0 aliphatic rings. The van der Waals surface area contributed by atoms with E-state index in [1.807, 2.05) is 0 Å². The number of alkyl halides is 3. The molecule has 0 saturated heterocycles. The molecule has 8 heteroatoms. The molecule has 0 bridgehead atoms. The van der Waals surface area contributed by atoms with Crippen LogP contribution in [0.1, 0.15) is 11.1 Å². The molecule has 0 aliphatic carbocycles. The predicted octanol–water partition coefficient (Wildman–Crippen LogP) is 4.36. The zero-order valence-electron chi connectivity index (χ0n) is 13.4. The summed E-state index contributed by atoms with van der Waals surface area (Å²) in [7, 11) is 3.11. The minimum Gasteiger partial charge on any atom is -0.373 e. The normalized spacial score (nSPS) is 12.0. The lowest BCUT2D eigenvalue weighted by atomic mass is 10.1. The second-order valence-electron chi connectivity index (χ2n) is 4.98. The lowest BCUT2D eigenvalue weighted by molar-refractivity contribution is -0.138. The Labute approximate surface area is 151 Å². The summed E-state index contributed by atoms with van der Waals surface area (Å²) in [6, 6.07) is 10.7. The first-order valence-electron chi connectivity index (χ1n) is 7.18. The van der Waals surface area contributed by atoms with E-state index in [0.717, 1.165) is 11.0 Å². The van der Waals surface area contributed by atoms with Gasteiger partial charge < -0.3 is 5.32 Å². The van der Waals surface area contributed by atoms with Crippen LogP contribution in [0.15, 0.2) is 51.9 Å². The van der Waals surface area contributed by atoms with Crippen LogP contribution >= 0.6 is 15.9 Å². The molecule has 0 saturated carbocycles. The summed E-state index contributed by atoms with van der Waals surface area (Å²) >= 11 is 2.96. The highest BCUT2D eigenvalue weighted by molar-refractivity contribution is 9.10. The number of anilines is 2. The van der Waals surface area contributed by atoms with E-state index in [0.29, 0.717) is 23.5 Å². The molecular weight excluding hydrogens is 399 g/mol. The standard InChI is InChI=1S/C17H15BrF3N3O/c1-22-16(23-2)12-8-14(18)13(17(19,20)21)9-15(12)24(10-25)11-6-4-3-5-7-11/h3-10H,1-2H3,(H,22,23). The number of halogens is 4. The van der Waals surface area contributed by atoms with Gasteiger partial charge in [-0.15, -0.1) is 0 Å². The van der Waals surface area contributed by atoms with Gasteiger partial charge in [0.25, 0.3) is 0 Å². The van der Waals surface area contributed by atoms with Crippen LogP contribution in [0, 0.1) is 0 Å². The van der Waals surface area contributed by atoms with Gasteiger partial charge in [0, 0.05) is 29.8 Å². The van der Waals surface area contributed by atoms with E-state index in [1.165, 1.54) is 13.1 Å². The maximum absolute atomic E-state index is 13.3. The molecule has 4 nitrogen and oxygen atoms in total. The van der Waals surface area contributed by atoms with Crippen molar-refractivity contribution in [2.75, 3.05) is 19.0 Å². The van der Waals surface area contributed by atoms with Crippen molar-refractivity contribution in [1.29, 1.82) is 0 Å². The van der Waals surface area contributed by atoms with Crippen LogP contribution in [0.5, 0.6) is 0 Å². The zero-order valence-corrected chi connectivity index (χ0v) is 15.0. The number of hydrogen-bond acceptors (Lipinski definition) is 2. The summed E-state index contributed by atoms with van der Waals surface area (Å²) < 4.78 is 39.8. The van der Waals surface area contributed by atoms with Crippen molar-refractivity contribution in [3.8, 4) is 0 Å². The minimum absolute atomic E-state index is 0.0756. The Kier molecular flexibility index (Phi) is 5.84. The third-order valence-electron chi connectivity index (χ3n) is 3.51. The van der Waals surface area contributed by atoms with Crippen LogP contribution in [0.3, 0.4) is 0 Å². The van der Waals surface area contributed by atoms with Gasteiger partial charge in [0.1, 0.15) is 5.84 Å². The average molecular weight is 414 g/mol. The fourth-order valence-electron chi connectivity index (χ4n) is 2.38. The van der Waals surface area contributed by atoms with E-state index in [9.17, 15) is 18.0 Å². The maximum atomic E-state index is 13.3. The van der Waals surface area contributed by atoms with Crippen LogP contribution in [-0.2, 0) is 11.0 Å². The molecule has 25 heavy (non-hydrogen) atoms. The first-order valence-corrected chi connectivity index (χ1v) is 7.98. The lowest BCUT2D eigenvalue weighted by Gasteiger charge is -2.24. The van der Waals surface area contributed by atoms with Crippen LogP contribution in [0.25, 0.3) is 0 Å². The van der Waals surface area contributed by atoms with Crippen molar-refractivity contribution >= 4 is 39.6 Å². The molecule has 0 spiro atoms. The number of benzene rings is 2. The SMILES string of the molecule is C/N=C(/NC)c1cc(Br)c(C(F)(F)F)cc1N(C=O)c1ccccc1. The Bertz CT molecular complexity index is 792. The van der Waals surface area contributed by atoms with Crippen molar-refractivity contribution in [1.82, 2.24) is 5.32 Å². The van der Waals surface area contributed by atoms with Crippen molar-refractivity contribution in [3.05, 3.63) is 58.1 Å². The summed E-state index contributed by atoms with van der Waals surface area (Å²) in [5, 5.41) is 2.83. The highest BCUT2D eigenvalue weighted by Crippen LogP contribution is 2.40. The molecule has 1 N–H and O–H groups in total. The Hall–Kier alpha value is -2.35. The van der Waals surface area contributed by atoms with Gasteiger partial charge in [0.15, 0.2) is 0 Å². The van der Waals surface area contributed by atoms with Gasteiger partial charge in [-0.1, -0.05) is 34.1 Å². The smallest absolute Gasteiger partial charge is 0.373 e. The van der Waals surface area contributed by atoms with E-state index in [1.54, 1.807) is 37.4 Å². The number of nitrogens with zero attached hydrogens (tertiary/aromatic N) is 2. The molecule has 0 aliphatic heterocycles. The Morgan fingerprint density at radius 1 is 1.24 bits per heavy atom. The molecular formula is C17H15BrF3N3O. The largest absolute Gasteiger partial charge is 0.417 e. The number of nitrogens with one attached hydrogen (secondary N) is 1. The van der Waals surface area contributed by atoms with Crippen molar-refractivity contribution in [2.24, 2.45) is 4.99 Å². The third-order valence-corrected chi connectivity index (χ3v) is 4.16. The number of carbonyl (C=O) groups is 1. The van der Waals surface area contributed by atoms with E-state index in [2.05, 4.69) is 26.2 Å². The fraction of sp³-hybridized carbons (Fsp3) is 0.176. The van der Waals surface area contributed by atoms with Crippen LogP contribution < -0.4 is 10.2 Å². The molecule has 0 aromatic heterocycles. The fourth-order valence-corrected chi connectivity index (χ4v) is 2.95. The topological polar surface area (TPSA) is 44.7 Å². The lowest BCUT2D eigenvalue weighted by Crippen LogP contribution is -2.25. The predicted molar refractivity (Wildman–Crippen MR) is 95.3 cm³/mol. The summed E-state index contributed by atoms with van der Waals surface area (Å²) in [4.78, 5) is 16.9. The number of rotatable bonds is 4. The van der Waals surface area contributed by atoms with Crippen LogP contribution in [-0.4, -0.2) is 26.3 Å². The highest BCUT2D eigenvalue weighted by atomic mass is 79.9. The van der Waals surface area contributed by atoms with Crippen LogP contribution in [0.4, 0.5) is 24.5 Å². The molecule has 2 aromatic carbocycles. The Morgan fingerprint density at radius 3 is 2.36 bits per heavy atom. The van der Waals surface area contributed by atoms with Gasteiger partial charge in [-0.2, -0.15) is 13.2 Å².